The van der Waals surface area contributed by atoms with Crippen LogP contribution in [-0.2, 0) is 0 Å². The van der Waals surface area contributed by atoms with Gasteiger partial charge in [0.05, 0.1) is 5.52 Å². The molecule has 1 N–H and O–H groups in total. The Morgan fingerprint density at radius 3 is 2.71 bits per heavy atom. The molecule has 4 heteroatoms. The van der Waals surface area contributed by atoms with Crippen LogP contribution in [0.3, 0.4) is 0 Å². The Morgan fingerprint density at radius 1 is 1.18 bits per heavy atom. The van der Waals surface area contributed by atoms with E-state index in [4.69, 9.17) is 0 Å². The minimum Gasteiger partial charge on any atom is -0.316 e. The van der Waals surface area contributed by atoms with Crippen LogP contribution in [0.4, 0.5) is 0 Å². The van der Waals surface area contributed by atoms with Crippen LogP contribution in [0, 0.1) is 0 Å². The quantitative estimate of drug-likeness (QED) is 0.666. The number of para-hydroxylation sites is 1. The monoisotopic (exact) mass is 247 g/mol. The van der Waals surface area contributed by atoms with Gasteiger partial charge in [0.1, 0.15) is 11.4 Å². The molecule has 2 rings (SSSR count). The summed E-state index contributed by atoms with van der Waals surface area (Å²) in [5.74, 6) is 0. The first kappa shape index (κ1) is 12.3. The zero-order chi connectivity index (χ0) is 12.3. The molecule has 2 unspecified atom stereocenters. The van der Waals surface area contributed by atoms with Crippen LogP contribution in [0.15, 0.2) is 35.6 Å². The zero-order valence-electron chi connectivity index (χ0n) is 10.3. The number of benzene rings is 1. The molecule has 0 spiro atoms. The van der Waals surface area contributed by atoms with Gasteiger partial charge in [0.15, 0.2) is 0 Å². The van der Waals surface area contributed by atoms with Gasteiger partial charge < -0.3 is 5.32 Å². The largest absolute Gasteiger partial charge is 0.316 e. The highest BCUT2D eigenvalue weighted by Gasteiger charge is 2.14. The molecule has 0 aliphatic carbocycles. The molecular formula is C13H17N3S. The summed E-state index contributed by atoms with van der Waals surface area (Å²) >= 11 is 1.79. The van der Waals surface area contributed by atoms with Gasteiger partial charge in [-0.25, -0.2) is 9.97 Å². The van der Waals surface area contributed by atoms with Crippen molar-refractivity contribution in [2.24, 2.45) is 0 Å². The Kier molecular flexibility index (Phi) is 3.97. The first-order chi connectivity index (χ1) is 8.22. The number of nitrogens with one attached hydrogen (secondary N) is 1. The van der Waals surface area contributed by atoms with Crippen LogP contribution < -0.4 is 5.32 Å². The third-order valence-electron chi connectivity index (χ3n) is 2.96. The van der Waals surface area contributed by atoms with Gasteiger partial charge in [-0.3, -0.25) is 0 Å². The second kappa shape index (κ2) is 5.47. The average Bonchev–Trinajstić information content (AvgIpc) is 2.38. The highest BCUT2D eigenvalue weighted by atomic mass is 32.2. The van der Waals surface area contributed by atoms with E-state index in [0.29, 0.717) is 11.3 Å². The molecule has 2 aromatic rings. The number of fused-ring (bicyclic) bond motifs is 1. The van der Waals surface area contributed by atoms with Crippen LogP contribution in [0.5, 0.6) is 0 Å². The van der Waals surface area contributed by atoms with Crippen LogP contribution in [0.25, 0.3) is 10.9 Å². The van der Waals surface area contributed by atoms with Crippen LogP contribution in [-0.4, -0.2) is 28.3 Å². The van der Waals surface area contributed by atoms with E-state index < -0.39 is 0 Å². The number of hydrogen-bond donors (Lipinski definition) is 1. The second-order valence-corrected chi connectivity index (χ2v) is 5.46. The summed E-state index contributed by atoms with van der Waals surface area (Å²) in [6, 6.07) is 8.58. The summed E-state index contributed by atoms with van der Waals surface area (Å²) in [5.41, 5.74) is 1.01. The predicted octanol–water partition coefficient (Wildman–Crippen LogP) is 2.72. The first-order valence-corrected chi connectivity index (χ1v) is 6.64. The summed E-state index contributed by atoms with van der Waals surface area (Å²) in [6.45, 7) is 4.39. The van der Waals surface area contributed by atoms with Gasteiger partial charge in [-0.2, -0.15) is 0 Å². The van der Waals surface area contributed by atoms with E-state index >= 15 is 0 Å². The van der Waals surface area contributed by atoms with Gasteiger partial charge in [0.2, 0.25) is 0 Å². The highest BCUT2D eigenvalue weighted by Crippen LogP contribution is 2.28. The number of rotatable bonds is 4. The van der Waals surface area contributed by atoms with Gasteiger partial charge in [0, 0.05) is 16.7 Å². The Hall–Kier alpha value is -1.13. The Labute approximate surface area is 106 Å². The second-order valence-electron chi connectivity index (χ2n) is 4.10. The van der Waals surface area contributed by atoms with Gasteiger partial charge in [-0.05, 0) is 20.0 Å². The average molecular weight is 247 g/mol. The Balaban J connectivity index is 2.30. The maximum Gasteiger partial charge on any atom is 0.117 e. The molecule has 0 saturated heterocycles. The number of thioether (sulfide) groups is 1. The molecule has 0 saturated carbocycles. The van der Waals surface area contributed by atoms with E-state index in [1.807, 2.05) is 25.2 Å². The molecule has 0 fully saturated rings. The Bertz CT molecular complexity index is 495. The maximum atomic E-state index is 4.39. The molecule has 1 heterocycles. The van der Waals surface area contributed by atoms with Crippen LogP contribution in [0.1, 0.15) is 13.8 Å². The van der Waals surface area contributed by atoms with Crippen molar-refractivity contribution in [1.29, 1.82) is 0 Å². The molecule has 0 radical (unpaired) electrons. The third kappa shape index (κ3) is 2.76. The van der Waals surface area contributed by atoms with E-state index in [9.17, 15) is 0 Å². The molecule has 0 aliphatic rings. The predicted molar refractivity (Wildman–Crippen MR) is 73.4 cm³/mol. The van der Waals surface area contributed by atoms with Crippen molar-refractivity contribution in [2.75, 3.05) is 7.05 Å². The molecule has 1 aromatic heterocycles. The smallest absolute Gasteiger partial charge is 0.117 e. The minimum absolute atomic E-state index is 0.453. The summed E-state index contributed by atoms with van der Waals surface area (Å²) in [6.07, 6.45) is 1.64. The minimum atomic E-state index is 0.453. The molecule has 0 aliphatic heterocycles. The third-order valence-corrected chi connectivity index (χ3v) is 4.29. The van der Waals surface area contributed by atoms with E-state index in [1.54, 1.807) is 18.1 Å². The standard InChI is InChI=1S/C13H17N3S/c1-9(14-3)10(2)17-13-11-6-4-5-7-12(11)15-8-16-13/h4-10,14H,1-3H3. The molecule has 3 nitrogen and oxygen atoms in total. The number of hydrogen-bond acceptors (Lipinski definition) is 4. The molecule has 2 atom stereocenters. The highest BCUT2D eigenvalue weighted by molar-refractivity contribution is 8.00. The van der Waals surface area contributed by atoms with Gasteiger partial charge in [-0.15, -0.1) is 11.8 Å². The summed E-state index contributed by atoms with van der Waals surface area (Å²) in [5, 5.41) is 5.93. The van der Waals surface area contributed by atoms with Gasteiger partial charge >= 0.3 is 0 Å². The van der Waals surface area contributed by atoms with Crippen LogP contribution >= 0.6 is 11.8 Å². The molecule has 0 amide bonds. The molecule has 1 aromatic carbocycles. The number of nitrogens with zero attached hydrogens (tertiary/aromatic N) is 2. The number of aromatic nitrogens is 2. The van der Waals surface area contributed by atoms with Crippen molar-refractivity contribution >= 4 is 22.7 Å². The van der Waals surface area contributed by atoms with Crippen LogP contribution in [0.2, 0.25) is 0 Å². The molecule has 17 heavy (non-hydrogen) atoms. The fourth-order valence-electron chi connectivity index (χ4n) is 1.59. The molecule has 0 bridgehead atoms. The van der Waals surface area contributed by atoms with Crippen molar-refractivity contribution in [3.05, 3.63) is 30.6 Å². The first-order valence-electron chi connectivity index (χ1n) is 5.76. The van der Waals surface area contributed by atoms with Crippen molar-refractivity contribution in [2.45, 2.75) is 30.2 Å². The van der Waals surface area contributed by atoms with Crippen molar-refractivity contribution in [3.63, 3.8) is 0 Å². The van der Waals surface area contributed by atoms with Crippen molar-refractivity contribution in [3.8, 4) is 0 Å². The SMILES string of the molecule is CNC(C)C(C)Sc1ncnc2ccccc12. The maximum absolute atomic E-state index is 4.39. The molecule has 90 valence electrons. The fraction of sp³-hybridized carbons (Fsp3) is 0.385. The summed E-state index contributed by atoms with van der Waals surface area (Å²) < 4.78 is 0. The van der Waals surface area contributed by atoms with E-state index in [2.05, 4.69) is 35.2 Å². The molecular weight excluding hydrogens is 230 g/mol. The Morgan fingerprint density at radius 2 is 1.94 bits per heavy atom. The lowest BCUT2D eigenvalue weighted by molar-refractivity contribution is 0.605. The normalized spacial score (nSPS) is 14.8. The zero-order valence-corrected chi connectivity index (χ0v) is 11.2. The van der Waals surface area contributed by atoms with Crippen molar-refractivity contribution < 1.29 is 0 Å². The van der Waals surface area contributed by atoms with E-state index in [-0.39, 0.29) is 0 Å². The lowest BCUT2D eigenvalue weighted by Gasteiger charge is -2.18. The van der Waals surface area contributed by atoms with Gasteiger partial charge in [-0.1, -0.05) is 25.1 Å². The lowest BCUT2D eigenvalue weighted by Crippen LogP contribution is -2.30. The van der Waals surface area contributed by atoms with Gasteiger partial charge in [0.25, 0.3) is 0 Å². The van der Waals surface area contributed by atoms with Crippen molar-refractivity contribution in [1.82, 2.24) is 15.3 Å². The van der Waals surface area contributed by atoms with E-state index in [1.165, 1.54) is 0 Å². The summed E-state index contributed by atoms with van der Waals surface area (Å²) in [4.78, 5) is 8.66. The lowest BCUT2D eigenvalue weighted by atomic mass is 10.2. The summed E-state index contributed by atoms with van der Waals surface area (Å²) in [7, 11) is 1.99. The fourth-order valence-corrected chi connectivity index (χ4v) is 2.69. The topological polar surface area (TPSA) is 37.8 Å². The van der Waals surface area contributed by atoms with E-state index in [0.717, 1.165) is 15.9 Å².